The van der Waals surface area contributed by atoms with E-state index in [1.54, 1.807) is 18.2 Å². The number of halogens is 1. The molecule has 5 heteroatoms. The van der Waals surface area contributed by atoms with E-state index in [1.165, 1.54) is 0 Å². The van der Waals surface area contributed by atoms with E-state index in [4.69, 9.17) is 25.8 Å². The van der Waals surface area contributed by atoms with E-state index in [-0.39, 0.29) is 0 Å². The first-order chi connectivity index (χ1) is 15.1. The van der Waals surface area contributed by atoms with Crippen molar-refractivity contribution in [3.8, 4) is 11.5 Å². The third kappa shape index (κ3) is 4.98. The molecule has 0 N–H and O–H groups in total. The van der Waals surface area contributed by atoms with E-state index in [1.807, 2.05) is 73.7 Å². The lowest BCUT2D eigenvalue weighted by atomic mass is 10.1. The summed E-state index contributed by atoms with van der Waals surface area (Å²) >= 11 is 6.52. The minimum Gasteiger partial charge on any atom is -0.490 e. The predicted molar refractivity (Wildman–Crippen MR) is 122 cm³/mol. The molecule has 4 rings (SSSR count). The first-order valence-electron chi connectivity index (χ1n) is 9.98. The topological polar surface area (TPSA) is 44.8 Å². The lowest BCUT2D eigenvalue weighted by Gasteiger charge is -2.14. The van der Waals surface area contributed by atoms with Gasteiger partial charge in [0.2, 0.25) is 0 Å². The van der Waals surface area contributed by atoms with Gasteiger partial charge in [-0.15, -0.1) is 0 Å². The molecule has 0 fully saturated rings. The van der Waals surface area contributed by atoms with Crippen LogP contribution in [0.25, 0.3) is 11.8 Å². The summed E-state index contributed by atoms with van der Waals surface area (Å²) in [6.45, 7) is 2.72. The normalized spacial score (nSPS) is 14.3. The van der Waals surface area contributed by atoms with Gasteiger partial charge in [0.1, 0.15) is 12.4 Å². The van der Waals surface area contributed by atoms with E-state index < -0.39 is 5.97 Å². The van der Waals surface area contributed by atoms with Crippen molar-refractivity contribution in [3.05, 3.63) is 106 Å². The van der Waals surface area contributed by atoms with Crippen LogP contribution in [-0.2, 0) is 16.1 Å². The summed E-state index contributed by atoms with van der Waals surface area (Å²) in [5.41, 5.74) is 3.03. The zero-order chi connectivity index (χ0) is 21.6. The maximum absolute atomic E-state index is 12.4. The molecule has 1 aliphatic rings. The fraction of sp³-hybridized carbons (Fsp3) is 0.115. The van der Waals surface area contributed by atoms with Crippen molar-refractivity contribution in [1.82, 2.24) is 0 Å². The second-order valence-corrected chi connectivity index (χ2v) is 7.31. The standard InChI is InChI=1S/C26H21ClO4/c1-2-29-24-15-19(14-22(27)25(24)30-17-18-9-5-3-6-10-18)13-21-16-23(31-26(21)28)20-11-7-4-8-12-20/h3-16H,2,17H2,1H3. The number of carbonyl (C=O) groups excluding carboxylic acids is 1. The van der Waals surface area contributed by atoms with Crippen molar-refractivity contribution in [2.24, 2.45) is 0 Å². The first-order valence-corrected chi connectivity index (χ1v) is 10.4. The molecule has 0 atom stereocenters. The maximum Gasteiger partial charge on any atom is 0.343 e. The van der Waals surface area contributed by atoms with Gasteiger partial charge >= 0.3 is 5.97 Å². The summed E-state index contributed by atoms with van der Waals surface area (Å²) in [4.78, 5) is 12.4. The van der Waals surface area contributed by atoms with Gasteiger partial charge in [0.25, 0.3) is 0 Å². The van der Waals surface area contributed by atoms with Crippen molar-refractivity contribution in [1.29, 1.82) is 0 Å². The number of ether oxygens (including phenoxy) is 3. The Hall–Kier alpha value is -3.50. The zero-order valence-corrected chi connectivity index (χ0v) is 17.8. The number of cyclic esters (lactones) is 1. The molecule has 3 aromatic carbocycles. The van der Waals surface area contributed by atoms with Crippen LogP contribution in [0.3, 0.4) is 0 Å². The van der Waals surface area contributed by atoms with Crippen LogP contribution >= 0.6 is 11.6 Å². The minimum atomic E-state index is -0.405. The summed E-state index contributed by atoms with van der Waals surface area (Å²) in [5, 5.41) is 0.410. The molecule has 0 radical (unpaired) electrons. The van der Waals surface area contributed by atoms with E-state index in [0.717, 1.165) is 16.7 Å². The molecule has 0 amide bonds. The van der Waals surface area contributed by atoms with Crippen LogP contribution < -0.4 is 9.47 Å². The highest BCUT2D eigenvalue weighted by Crippen LogP contribution is 2.38. The van der Waals surface area contributed by atoms with Crippen LogP contribution in [0.4, 0.5) is 0 Å². The van der Waals surface area contributed by atoms with Gasteiger partial charge in [-0.3, -0.25) is 0 Å². The number of benzene rings is 3. The highest BCUT2D eigenvalue weighted by Gasteiger charge is 2.22. The van der Waals surface area contributed by atoms with Crippen molar-refractivity contribution in [2.45, 2.75) is 13.5 Å². The Bertz CT molecular complexity index is 1130. The number of hydrogen-bond acceptors (Lipinski definition) is 4. The number of rotatable bonds is 7. The molecule has 0 spiro atoms. The van der Waals surface area contributed by atoms with Crippen molar-refractivity contribution in [3.63, 3.8) is 0 Å². The highest BCUT2D eigenvalue weighted by atomic mass is 35.5. The van der Waals surface area contributed by atoms with Crippen LogP contribution in [0.15, 0.2) is 84.4 Å². The molecule has 0 unspecified atom stereocenters. The lowest BCUT2D eigenvalue weighted by molar-refractivity contribution is -0.130. The molecule has 0 aliphatic carbocycles. The molecule has 31 heavy (non-hydrogen) atoms. The summed E-state index contributed by atoms with van der Waals surface area (Å²) in [6.07, 6.45) is 3.46. The summed E-state index contributed by atoms with van der Waals surface area (Å²) < 4.78 is 17.1. The molecular weight excluding hydrogens is 412 g/mol. The maximum atomic E-state index is 12.4. The van der Waals surface area contributed by atoms with Crippen molar-refractivity contribution in [2.75, 3.05) is 6.61 Å². The van der Waals surface area contributed by atoms with Crippen molar-refractivity contribution < 1.29 is 19.0 Å². The molecule has 156 valence electrons. The molecule has 0 bridgehead atoms. The van der Waals surface area contributed by atoms with Crippen molar-refractivity contribution >= 4 is 29.4 Å². The van der Waals surface area contributed by atoms with Gasteiger partial charge in [0.15, 0.2) is 11.5 Å². The predicted octanol–water partition coefficient (Wildman–Crippen LogP) is 6.30. The SMILES string of the molecule is CCOc1cc(C=C2C=C(c3ccccc3)OC2=O)cc(Cl)c1OCc1ccccc1. The molecule has 0 saturated heterocycles. The van der Waals surface area contributed by atoms with Gasteiger partial charge in [-0.1, -0.05) is 72.3 Å². The largest absolute Gasteiger partial charge is 0.490 e. The zero-order valence-electron chi connectivity index (χ0n) is 17.0. The minimum absolute atomic E-state index is 0.372. The Balaban J connectivity index is 1.61. The fourth-order valence-electron chi connectivity index (χ4n) is 3.22. The number of esters is 1. The third-order valence-corrected chi connectivity index (χ3v) is 4.94. The Kier molecular flexibility index (Phi) is 6.39. The van der Waals surface area contributed by atoms with Gasteiger partial charge in [0.05, 0.1) is 17.2 Å². The highest BCUT2D eigenvalue weighted by molar-refractivity contribution is 6.32. The van der Waals surface area contributed by atoms with Crippen LogP contribution in [0, 0.1) is 0 Å². The van der Waals surface area contributed by atoms with E-state index >= 15 is 0 Å². The van der Waals surface area contributed by atoms with Crippen LogP contribution in [0.5, 0.6) is 11.5 Å². The molecule has 4 nitrogen and oxygen atoms in total. The van der Waals surface area contributed by atoms with Gasteiger partial charge in [-0.25, -0.2) is 4.79 Å². The monoisotopic (exact) mass is 432 g/mol. The first kappa shape index (κ1) is 20.8. The number of hydrogen-bond donors (Lipinski definition) is 0. The Labute approximate surface area is 186 Å². The third-order valence-electron chi connectivity index (χ3n) is 4.66. The smallest absolute Gasteiger partial charge is 0.343 e. The Morgan fingerprint density at radius 3 is 2.39 bits per heavy atom. The molecule has 0 aromatic heterocycles. The average Bonchev–Trinajstić information content (AvgIpc) is 3.15. The summed E-state index contributed by atoms with van der Waals surface area (Å²) in [7, 11) is 0. The quantitative estimate of drug-likeness (QED) is 0.324. The fourth-order valence-corrected chi connectivity index (χ4v) is 3.49. The van der Waals surface area contributed by atoms with Crippen LogP contribution in [-0.4, -0.2) is 12.6 Å². The second-order valence-electron chi connectivity index (χ2n) is 6.90. The summed E-state index contributed by atoms with van der Waals surface area (Å²) in [5.74, 6) is 1.12. The number of carbonyl (C=O) groups is 1. The molecular formula is C26H21ClO4. The van der Waals surface area contributed by atoms with Gasteiger partial charge in [0, 0.05) is 5.56 Å². The summed E-state index contributed by atoms with van der Waals surface area (Å²) in [6, 6.07) is 22.9. The van der Waals surface area contributed by atoms with Crippen LogP contribution in [0.2, 0.25) is 5.02 Å². The van der Waals surface area contributed by atoms with E-state index in [9.17, 15) is 4.79 Å². The van der Waals surface area contributed by atoms with Gasteiger partial charge in [-0.2, -0.15) is 0 Å². The van der Waals surface area contributed by atoms with Gasteiger partial charge in [-0.05, 0) is 42.3 Å². The second kappa shape index (κ2) is 9.54. The average molecular weight is 433 g/mol. The molecule has 3 aromatic rings. The molecule has 1 heterocycles. The Morgan fingerprint density at radius 1 is 0.968 bits per heavy atom. The lowest BCUT2D eigenvalue weighted by Crippen LogP contribution is -2.01. The molecule has 1 aliphatic heterocycles. The Morgan fingerprint density at radius 2 is 1.68 bits per heavy atom. The van der Waals surface area contributed by atoms with E-state index in [2.05, 4.69) is 0 Å². The van der Waals surface area contributed by atoms with Crippen LogP contribution in [0.1, 0.15) is 23.6 Å². The van der Waals surface area contributed by atoms with Gasteiger partial charge < -0.3 is 14.2 Å². The molecule has 0 saturated carbocycles. The van der Waals surface area contributed by atoms with E-state index in [0.29, 0.717) is 41.1 Å².